The summed E-state index contributed by atoms with van der Waals surface area (Å²) >= 11 is 5.86. The van der Waals surface area contributed by atoms with Crippen molar-refractivity contribution in [2.24, 2.45) is 5.92 Å². The first-order valence-electron chi connectivity index (χ1n) is 6.76. The molecule has 1 heterocycles. The Hall–Kier alpha value is -0.740. The Balaban J connectivity index is 0.00000110. The van der Waals surface area contributed by atoms with Gasteiger partial charge in [-0.3, -0.25) is 0 Å². The lowest BCUT2D eigenvalue weighted by Crippen LogP contribution is -2.15. The number of aromatic nitrogens is 2. The predicted molar refractivity (Wildman–Crippen MR) is 91.7 cm³/mol. The Morgan fingerprint density at radius 2 is 2.00 bits per heavy atom. The van der Waals surface area contributed by atoms with Gasteiger partial charge in [0.15, 0.2) is 0 Å². The minimum atomic E-state index is 0. The van der Waals surface area contributed by atoms with E-state index in [9.17, 15) is 0 Å². The second-order valence-electron chi connectivity index (χ2n) is 5.20. The molecule has 3 nitrogen and oxygen atoms in total. The lowest BCUT2D eigenvalue weighted by atomic mass is 10.2. The van der Waals surface area contributed by atoms with Crippen LogP contribution in [0, 0.1) is 5.92 Å². The molecule has 0 amide bonds. The van der Waals surface area contributed by atoms with Crippen LogP contribution in [0.4, 0.5) is 0 Å². The molecule has 0 aliphatic heterocycles. The molecule has 2 atom stereocenters. The summed E-state index contributed by atoms with van der Waals surface area (Å²) < 4.78 is 0. The number of hydrogen-bond donors (Lipinski definition) is 2. The fourth-order valence-corrected chi connectivity index (χ4v) is 2.67. The van der Waals surface area contributed by atoms with Gasteiger partial charge in [0.25, 0.3) is 0 Å². The van der Waals surface area contributed by atoms with Gasteiger partial charge in [-0.25, -0.2) is 4.98 Å². The summed E-state index contributed by atoms with van der Waals surface area (Å²) in [7, 11) is 0. The Morgan fingerprint density at radius 3 is 2.67 bits per heavy atom. The van der Waals surface area contributed by atoms with Crippen LogP contribution in [0.2, 0.25) is 5.02 Å². The number of halogens is 3. The molecule has 1 fully saturated rings. The summed E-state index contributed by atoms with van der Waals surface area (Å²) in [4.78, 5) is 7.29. The molecule has 1 aliphatic rings. The van der Waals surface area contributed by atoms with Gasteiger partial charge in [-0.05, 0) is 43.0 Å². The minimum absolute atomic E-state index is 0. The number of aromatic amines is 1. The Bertz CT molecular complexity index is 513. The summed E-state index contributed by atoms with van der Waals surface area (Å²) in [5.74, 6) is 1.53. The second-order valence-corrected chi connectivity index (χ2v) is 5.64. The van der Waals surface area contributed by atoms with Gasteiger partial charge in [0.05, 0.1) is 6.33 Å². The Morgan fingerprint density at radius 1 is 1.24 bits per heavy atom. The van der Waals surface area contributed by atoms with E-state index >= 15 is 0 Å². The van der Waals surface area contributed by atoms with Gasteiger partial charge in [-0.15, -0.1) is 24.8 Å². The number of rotatable bonds is 6. The van der Waals surface area contributed by atoms with Crippen molar-refractivity contribution < 1.29 is 0 Å². The fourth-order valence-electron chi connectivity index (χ4n) is 2.54. The van der Waals surface area contributed by atoms with Crippen molar-refractivity contribution in [3.8, 4) is 0 Å². The van der Waals surface area contributed by atoms with E-state index in [1.165, 1.54) is 24.1 Å². The highest BCUT2D eigenvalue weighted by molar-refractivity contribution is 6.30. The quantitative estimate of drug-likeness (QED) is 0.768. The number of imidazole rings is 1. The first-order valence-corrected chi connectivity index (χ1v) is 7.14. The van der Waals surface area contributed by atoms with Crippen molar-refractivity contribution in [2.45, 2.75) is 25.3 Å². The summed E-state index contributed by atoms with van der Waals surface area (Å²) in [5.41, 5.74) is 2.58. The molecule has 0 bridgehead atoms. The van der Waals surface area contributed by atoms with E-state index < -0.39 is 0 Å². The van der Waals surface area contributed by atoms with Crippen LogP contribution in [0.1, 0.15) is 30.0 Å². The number of H-pyrrole nitrogens is 1. The van der Waals surface area contributed by atoms with Crippen molar-refractivity contribution in [3.05, 3.63) is 53.1 Å². The molecule has 1 saturated carbocycles. The molecule has 0 unspecified atom stereocenters. The normalized spacial score (nSPS) is 19.5. The highest BCUT2D eigenvalue weighted by Crippen LogP contribution is 2.48. The summed E-state index contributed by atoms with van der Waals surface area (Å²) in [6.45, 7) is 1.98. The van der Waals surface area contributed by atoms with E-state index in [-0.39, 0.29) is 24.8 Å². The summed E-state index contributed by atoms with van der Waals surface area (Å²) in [5, 5.41) is 4.28. The van der Waals surface area contributed by atoms with Gasteiger partial charge < -0.3 is 10.3 Å². The van der Waals surface area contributed by atoms with Crippen molar-refractivity contribution in [1.82, 2.24) is 15.3 Å². The fraction of sp³-hybridized carbons (Fsp3) is 0.400. The number of benzene rings is 1. The monoisotopic (exact) mass is 347 g/mol. The van der Waals surface area contributed by atoms with Crippen LogP contribution in [0.5, 0.6) is 0 Å². The van der Waals surface area contributed by atoms with Crippen molar-refractivity contribution >= 4 is 36.4 Å². The van der Waals surface area contributed by atoms with Crippen LogP contribution < -0.4 is 5.32 Å². The van der Waals surface area contributed by atoms with Crippen LogP contribution in [0.3, 0.4) is 0 Å². The number of nitrogens with one attached hydrogen (secondary N) is 2. The molecular weight excluding hydrogens is 329 g/mol. The topological polar surface area (TPSA) is 40.7 Å². The third-order valence-electron chi connectivity index (χ3n) is 3.78. The SMILES string of the molecule is Cl.Cl.Clc1ccc(CNCC[C@H]2C[C@@H]2c2cnc[nH]2)cc1. The molecule has 1 aromatic carbocycles. The van der Waals surface area contributed by atoms with Gasteiger partial charge >= 0.3 is 0 Å². The van der Waals surface area contributed by atoms with Crippen LogP contribution in [-0.4, -0.2) is 16.5 Å². The van der Waals surface area contributed by atoms with E-state index in [4.69, 9.17) is 11.6 Å². The molecule has 21 heavy (non-hydrogen) atoms. The lowest BCUT2D eigenvalue weighted by Gasteiger charge is -2.04. The Labute approximate surface area is 142 Å². The summed E-state index contributed by atoms with van der Waals surface area (Å²) in [6.07, 6.45) is 6.25. The molecule has 0 spiro atoms. The van der Waals surface area contributed by atoms with E-state index in [0.717, 1.165) is 24.0 Å². The second kappa shape index (κ2) is 8.64. The third kappa shape index (κ3) is 5.19. The van der Waals surface area contributed by atoms with Gasteiger partial charge in [0, 0.05) is 29.4 Å². The molecule has 3 rings (SSSR count). The summed E-state index contributed by atoms with van der Waals surface area (Å²) in [6, 6.07) is 8.02. The lowest BCUT2D eigenvalue weighted by molar-refractivity contribution is 0.602. The van der Waals surface area contributed by atoms with E-state index in [1.54, 1.807) is 6.33 Å². The largest absolute Gasteiger partial charge is 0.348 e. The average Bonchev–Trinajstić information content (AvgIpc) is 2.98. The molecule has 0 radical (unpaired) electrons. The zero-order valence-electron chi connectivity index (χ0n) is 11.6. The van der Waals surface area contributed by atoms with E-state index in [0.29, 0.717) is 5.92 Å². The minimum Gasteiger partial charge on any atom is -0.348 e. The van der Waals surface area contributed by atoms with Crippen LogP contribution >= 0.6 is 36.4 Å². The molecule has 2 aromatic rings. The molecule has 116 valence electrons. The van der Waals surface area contributed by atoms with Gasteiger partial charge in [-0.2, -0.15) is 0 Å². The number of nitrogens with zero attached hydrogens (tertiary/aromatic N) is 1. The van der Waals surface area contributed by atoms with Crippen LogP contribution in [0.15, 0.2) is 36.8 Å². The molecule has 6 heteroatoms. The standard InChI is InChI=1S/C15H18ClN3.2ClH/c16-13-3-1-11(2-4-13)8-17-6-5-12-7-14(12)15-9-18-10-19-15;;/h1-4,9-10,12,14,17H,5-8H2,(H,18,19);2*1H/t12-,14-;;/m0../s1. The maximum atomic E-state index is 5.86. The van der Waals surface area contributed by atoms with E-state index in [2.05, 4.69) is 27.4 Å². The highest BCUT2D eigenvalue weighted by Gasteiger charge is 2.38. The smallest absolute Gasteiger partial charge is 0.0921 e. The predicted octanol–water partition coefficient (Wildman–Crippen LogP) is 4.19. The molecule has 0 saturated heterocycles. The Kier molecular flexibility index (Phi) is 7.53. The van der Waals surface area contributed by atoms with Crippen molar-refractivity contribution in [3.63, 3.8) is 0 Å². The first kappa shape index (κ1) is 18.3. The van der Waals surface area contributed by atoms with Crippen LogP contribution in [0.25, 0.3) is 0 Å². The maximum absolute atomic E-state index is 5.86. The number of hydrogen-bond acceptors (Lipinski definition) is 2. The zero-order valence-corrected chi connectivity index (χ0v) is 14.0. The molecular formula is C15H20Cl3N3. The van der Waals surface area contributed by atoms with E-state index in [1.807, 2.05) is 18.3 Å². The van der Waals surface area contributed by atoms with Gasteiger partial charge in [-0.1, -0.05) is 23.7 Å². The van der Waals surface area contributed by atoms with Crippen molar-refractivity contribution in [1.29, 1.82) is 0 Å². The molecule has 1 aliphatic carbocycles. The van der Waals surface area contributed by atoms with Gasteiger partial charge in [0.1, 0.15) is 0 Å². The maximum Gasteiger partial charge on any atom is 0.0921 e. The van der Waals surface area contributed by atoms with Gasteiger partial charge in [0.2, 0.25) is 0 Å². The van der Waals surface area contributed by atoms with Crippen LogP contribution in [-0.2, 0) is 6.54 Å². The zero-order chi connectivity index (χ0) is 13.1. The van der Waals surface area contributed by atoms with Crippen molar-refractivity contribution in [2.75, 3.05) is 6.54 Å². The highest BCUT2D eigenvalue weighted by atomic mass is 35.5. The third-order valence-corrected chi connectivity index (χ3v) is 4.03. The average molecular weight is 349 g/mol. The molecule has 2 N–H and O–H groups in total. The molecule has 1 aromatic heterocycles. The first-order chi connectivity index (χ1) is 9.33.